The molecule has 3 nitrogen and oxygen atoms in total. The van der Waals surface area contributed by atoms with E-state index in [1.54, 1.807) is 0 Å². The van der Waals surface area contributed by atoms with Gasteiger partial charge in [0.15, 0.2) is 0 Å². The average Bonchev–Trinajstić information content (AvgIpc) is 2.19. The van der Waals surface area contributed by atoms with Crippen LogP contribution in [0.2, 0.25) is 0 Å². The molecule has 0 radical (unpaired) electrons. The number of amides is 1. The fraction of sp³-hybridized carbons (Fsp3) is 0.417. The summed E-state index contributed by atoms with van der Waals surface area (Å²) in [6.45, 7) is 5.83. The molecule has 0 heterocycles. The van der Waals surface area contributed by atoms with E-state index in [-0.39, 0.29) is 11.3 Å². The quantitative estimate of drug-likeness (QED) is 0.877. The molecule has 0 fully saturated rings. The Labute approximate surface area is 105 Å². The van der Waals surface area contributed by atoms with E-state index in [4.69, 9.17) is 5.73 Å². The SMILES string of the molecule is CC(C)(C)[C@H](N)C(=O)Nc1ccc(Br)cc1. The first-order chi connectivity index (χ1) is 7.30. The van der Waals surface area contributed by atoms with Crippen LogP contribution in [0, 0.1) is 5.41 Å². The molecule has 0 aliphatic rings. The highest BCUT2D eigenvalue weighted by atomic mass is 79.9. The zero-order chi connectivity index (χ0) is 12.3. The molecule has 1 aromatic rings. The van der Waals surface area contributed by atoms with Crippen LogP contribution in [0.3, 0.4) is 0 Å². The van der Waals surface area contributed by atoms with Crippen molar-refractivity contribution in [2.45, 2.75) is 26.8 Å². The van der Waals surface area contributed by atoms with Crippen LogP contribution in [0.15, 0.2) is 28.7 Å². The third kappa shape index (κ3) is 3.61. The van der Waals surface area contributed by atoms with Gasteiger partial charge in [-0.15, -0.1) is 0 Å². The molecule has 1 aromatic carbocycles. The molecule has 0 unspecified atom stereocenters. The van der Waals surface area contributed by atoms with Crippen LogP contribution in [0.1, 0.15) is 20.8 Å². The van der Waals surface area contributed by atoms with Crippen molar-refractivity contribution in [1.82, 2.24) is 0 Å². The number of carbonyl (C=O) groups is 1. The standard InChI is InChI=1S/C12H17BrN2O/c1-12(2,3)10(14)11(16)15-9-6-4-8(13)5-7-9/h4-7,10H,14H2,1-3H3,(H,15,16)/t10-/m1/s1. The lowest BCUT2D eigenvalue weighted by Crippen LogP contribution is -2.45. The molecular weight excluding hydrogens is 268 g/mol. The second-order valence-electron chi connectivity index (χ2n) is 4.84. The van der Waals surface area contributed by atoms with Gasteiger partial charge >= 0.3 is 0 Å². The van der Waals surface area contributed by atoms with Crippen LogP contribution >= 0.6 is 15.9 Å². The minimum absolute atomic E-state index is 0.158. The second kappa shape index (κ2) is 4.97. The monoisotopic (exact) mass is 284 g/mol. The van der Waals surface area contributed by atoms with E-state index in [1.807, 2.05) is 45.0 Å². The van der Waals surface area contributed by atoms with Gasteiger partial charge in [-0.05, 0) is 29.7 Å². The Morgan fingerprint density at radius 2 is 1.81 bits per heavy atom. The van der Waals surface area contributed by atoms with Gasteiger partial charge in [-0.2, -0.15) is 0 Å². The number of hydrogen-bond donors (Lipinski definition) is 2. The average molecular weight is 285 g/mol. The van der Waals surface area contributed by atoms with Crippen molar-refractivity contribution in [3.8, 4) is 0 Å². The van der Waals surface area contributed by atoms with Crippen molar-refractivity contribution in [3.63, 3.8) is 0 Å². The third-order valence-electron chi connectivity index (χ3n) is 2.33. The van der Waals surface area contributed by atoms with E-state index in [0.717, 1.165) is 10.2 Å². The Morgan fingerprint density at radius 1 is 1.31 bits per heavy atom. The molecule has 0 saturated heterocycles. The lowest BCUT2D eigenvalue weighted by molar-refractivity contribution is -0.119. The Hall–Kier alpha value is -0.870. The Balaban J connectivity index is 2.68. The zero-order valence-corrected chi connectivity index (χ0v) is 11.3. The molecular formula is C12H17BrN2O. The summed E-state index contributed by atoms with van der Waals surface area (Å²) in [5, 5.41) is 2.79. The minimum Gasteiger partial charge on any atom is -0.325 e. The molecule has 4 heteroatoms. The van der Waals surface area contributed by atoms with Gasteiger partial charge in [0.2, 0.25) is 5.91 Å². The molecule has 1 rings (SSSR count). The molecule has 3 N–H and O–H groups in total. The summed E-state index contributed by atoms with van der Waals surface area (Å²) < 4.78 is 0.977. The van der Waals surface area contributed by atoms with Gasteiger partial charge in [-0.25, -0.2) is 0 Å². The number of nitrogens with one attached hydrogen (secondary N) is 1. The van der Waals surface area contributed by atoms with E-state index < -0.39 is 6.04 Å². The van der Waals surface area contributed by atoms with Gasteiger partial charge in [0.25, 0.3) is 0 Å². The number of carbonyl (C=O) groups excluding carboxylic acids is 1. The van der Waals surface area contributed by atoms with Crippen molar-refractivity contribution in [2.75, 3.05) is 5.32 Å². The number of rotatable bonds is 2. The number of anilines is 1. The molecule has 0 aliphatic heterocycles. The molecule has 16 heavy (non-hydrogen) atoms. The van der Waals surface area contributed by atoms with Crippen LogP contribution in [0.25, 0.3) is 0 Å². The largest absolute Gasteiger partial charge is 0.325 e. The molecule has 88 valence electrons. The summed E-state index contributed by atoms with van der Waals surface area (Å²) in [7, 11) is 0. The highest BCUT2D eigenvalue weighted by Crippen LogP contribution is 2.19. The number of hydrogen-bond acceptors (Lipinski definition) is 2. The van der Waals surface area contributed by atoms with Gasteiger partial charge in [-0.1, -0.05) is 36.7 Å². The van der Waals surface area contributed by atoms with Crippen molar-refractivity contribution in [1.29, 1.82) is 0 Å². The first-order valence-corrected chi connectivity index (χ1v) is 5.92. The minimum atomic E-state index is -0.517. The van der Waals surface area contributed by atoms with Crippen LogP contribution in [-0.2, 0) is 4.79 Å². The lowest BCUT2D eigenvalue weighted by Gasteiger charge is -2.25. The van der Waals surface area contributed by atoms with Crippen molar-refractivity contribution >= 4 is 27.5 Å². The third-order valence-corrected chi connectivity index (χ3v) is 2.86. The molecule has 0 bridgehead atoms. The van der Waals surface area contributed by atoms with Crippen LogP contribution in [-0.4, -0.2) is 11.9 Å². The van der Waals surface area contributed by atoms with Crippen LogP contribution in [0.4, 0.5) is 5.69 Å². The summed E-state index contributed by atoms with van der Waals surface area (Å²) in [5.74, 6) is -0.158. The molecule has 0 aromatic heterocycles. The Bertz CT molecular complexity index is 368. The van der Waals surface area contributed by atoms with Gasteiger partial charge in [-0.3, -0.25) is 4.79 Å². The summed E-state index contributed by atoms with van der Waals surface area (Å²) in [5.41, 5.74) is 6.37. The topological polar surface area (TPSA) is 55.1 Å². The normalized spacial score (nSPS) is 13.3. The predicted octanol–water partition coefficient (Wildman–Crippen LogP) is 2.76. The highest BCUT2D eigenvalue weighted by Gasteiger charge is 2.27. The summed E-state index contributed by atoms with van der Waals surface area (Å²) >= 11 is 3.33. The van der Waals surface area contributed by atoms with E-state index in [0.29, 0.717) is 0 Å². The maximum absolute atomic E-state index is 11.8. The number of benzene rings is 1. The summed E-state index contributed by atoms with van der Waals surface area (Å²) in [4.78, 5) is 11.8. The van der Waals surface area contributed by atoms with Gasteiger partial charge in [0.1, 0.15) is 0 Å². The second-order valence-corrected chi connectivity index (χ2v) is 5.76. The maximum Gasteiger partial charge on any atom is 0.241 e. The fourth-order valence-corrected chi connectivity index (χ4v) is 1.41. The molecule has 0 spiro atoms. The molecule has 1 atom stereocenters. The molecule has 0 aliphatic carbocycles. The van der Waals surface area contributed by atoms with Gasteiger partial charge in [0.05, 0.1) is 6.04 Å². The van der Waals surface area contributed by atoms with Crippen molar-refractivity contribution < 1.29 is 4.79 Å². The van der Waals surface area contributed by atoms with Crippen molar-refractivity contribution in [3.05, 3.63) is 28.7 Å². The summed E-state index contributed by atoms with van der Waals surface area (Å²) in [6.07, 6.45) is 0. The summed E-state index contributed by atoms with van der Waals surface area (Å²) in [6, 6.07) is 6.89. The first kappa shape index (κ1) is 13.2. The van der Waals surface area contributed by atoms with E-state index in [2.05, 4.69) is 21.2 Å². The predicted molar refractivity (Wildman–Crippen MR) is 70.2 cm³/mol. The number of halogens is 1. The number of nitrogens with two attached hydrogens (primary N) is 1. The lowest BCUT2D eigenvalue weighted by atomic mass is 9.87. The fourth-order valence-electron chi connectivity index (χ4n) is 1.15. The highest BCUT2D eigenvalue weighted by molar-refractivity contribution is 9.10. The first-order valence-electron chi connectivity index (χ1n) is 5.13. The van der Waals surface area contributed by atoms with Crippen LogP contribution in [0.5, 0.6) is 0 Å². The van der Waals surface area contributed by atoms with Crippen LogP contribution < -0.4 is 11.1 Å². The maximum atomic E-state index is 11.8. The van der Waals surface area contributed by atoms with Gasteiger partial charge in [0, 0.05) is 10.2 Å². The zero-order valence-electron chi connectivity index (χ0n) is 9.75. The Kier molecular flexibility index (Phi) is 4.10. The molecule has 0 saturated carbocycles. The molecule has 1 amide bonds. The van der Waals surface area contributed by atoms with E-state index in [1.165, 1.54) is 0 Å². The van der Waals surface area contributed by atoms with Crippen molar-refractivity contribution in [2.24, 2.45) is 11.1 Å². The Morgan fingerprint density at radius 3 is 2.25 bits per heavy atom. The smallest absolute Gasteiger partial charge is 0.241 e. The van der Waals surface area contributed by atoms with E-state index >= 15 is 0 Å². The van der Waals surface area contributed by atoms with Gasteiger partial charge < -0.3 is 11.1 Å². The van der Waals surface area contributed by atoms with E-state index in [9.17, 15) is 4.79 Å².